The maximum atomic E-state index is 13.1. The average Bonchev–Trinajstić information content (AvgIpc) is 2.81. The molecule has 0 unspecified atom stereocenters. The Morgan fingerprint density at radius 3 is 2.32 bits per heavy atom. The summed E-state index contributed by atoms with van der Waals surface area (Å²) in [6.45, 7) is 0.881. The minimum absolute atomic E-state index is 0.211. The highest BCUT2D eigenvalue weighted by Crippen LogP contribution is 2.24. The third-order valence-corrected chi connectivity index (χ3v) is 4.57. The average molecular weight is 410 g/mol. The van der Waals surface area contributed by atoms with Crippen molar-refractivity contribution in [1.82, 2.24) is 14.9 Å². The Morgan fingerprint density at radius 1 is 0.774 bits per heavy atom. The highest BCUT2D eigenvalue weighted by Gasteiger charge is 2.15. The van der Waals surface area contributed by atoms with Crippen LogP contribution in [0.4, 0.5) is 10.5 Å². The van der Waals surface area contributed by atoms with Crippen molar-refractivity contribution in [1.29, 1.82) is 0 Å². The highest BCUT2D eigenvalue weighted by molar-refractivity contribution is 5.89. The third-order valence-electron chi connectivity index (χ3n) is 4.57. The molecule has 2 aromatic carbocycles. The SMILES string of the molecule is O=C(Nc1cccc(Oc2ccccc2)c1)N(Cc1ccncc1)Cc1cccnc1. The van der Waals surface area contributed by atoms with Crippen LogP contribution < -0.4 is 10.1 Å². The van der Waals surface area contributed by atoms with Gasteiger partial charge in [0.1, 0.15) is 11.5 Å². The maximum Gasteiger partial charge on any atom is 0.322 e. The van der Waals surface area contributed by atoms with Gasteiger partial charge in [0.2, 0.25) is 0 Å². The Labute approximate surface area is 181 Å². The first kappa shape index (κ1) is 20.1. The van der Waals surface area contributed by atoms with E-state index >= 15 is 0 Å². The van der Waals surface area contributed by atoms with Crippen molar-refractivity contribution in [3.8, 4) is 11.5 Å². The molecule has 0 saturated carbocycles. The summed E-state index contributed by atoms with van der Waals surface area (Å²) in [6.07, 6.45) is 6.93. The molecule has 2 aromatic heterocycles. The number of ether oxygens (including phenoxy) is 1. The second-order valence-corrected chi connectivity index (χ2v) is 6.95. The lowest BCUT2D eigenvalue weighted by Crippen LogP contribution is -2.34. The van der Waals surface area contributed by atoms with Gasteiger partial charge in [-0.3, -0.25) is 9.97 Å². The normalized spacial score (nSPS) is 10.3. The van der Waals surface area contributed by atoms with E-state index < -0.39 is 0 Å². The number of amides is 2. The fourth-order valence-corrected chi connectivity index (χ4v) is 3.08. The van der Waals surface area contributed by atoms with Crippen molar-refractivity contribution in [2.75, 3.05) is 5.32 Å². The fourth-order valence-electron chi connectivity index (χ4n) is 3.08. The Hall–Kier alpha value is -4.19. The Kier molecular flexibility index (Phi) is 6.50. The molecule has 0 aliphatic carbocycles. The molecule has 0 atom stereocenters. The molecular weight excluding hydrogens is 388 g/mol. The monoisotopic (exact) mass is 410 g/mol. The molecule has 31 heavy (non-hydrogen) atoms. The van der Waals surface area contributed by atoms with Gasteiger partial charge in [0.05, 0.1) is 0 Å². The maximum absolute atomic E-state index is 13.1. The van der Waals surface area contributed by atoms with Gasteiger partial charge in [0, 0.05) is 49.6 Å². The summed E-state index contributed by atoms with van der Waals surface area (Å²) in [4.78, 5) is 23.1. The first-order valence-corrected chi connectivity index (χ1v) is 9.93. The molecule has 0 bridgehead atoms. The van der Waals surface area contributed by atoms with Crippen LogP contribution in [0.25, 0.3) is 0 Å². The van der Waals surface area contributed by atoms with E-state index in [1.54, 1.807) is 35.8 Å². The lowest BCUT2D eigenvalue weighted by atomic mass is 10.2. The quantitative estimate of drug-likeness (QED) is 0.437. The number of benzene rings is 2. The first-order valence-electron chi connectivity index (χ1n) is 9.93. The largest absolute Gasteiger partial charge is 0.457 e. The van der Waals surface area contributed by atoms with Gasteiger partial charge in [-0.05, 0) is 53.6 Å². The molecule has 6 nitrogen and oxygen atoms in total. The predicted molar refractivity (Wildman–Crippen MR) is 120 cm³/mol. The third kappa shape index (κ3) is 5.90. The second kappa shape index (κ2) is 10.0. The van der Waals surface area contributed by atoms with Gasteiger partial charge in [-0.2, -0.15) is 0 Å². The molecule has 154 valence electrons. The summed E-state index contributed by atoms with van der Waals surface area (Å²) in [7, 11) is 0. The fraction of sp³-hybridized carbons (Fsp3) is 0.0800. The highest BCUT2D eigenvalue weighted by atomic mass is 16.5. The Balaban J connectivity index is 1.49. The molecule has 2 amide bonds. The van der Waals surface area contributed by atoms with Crippen LogP contribution in [0.2, 0.25) is 0 Å². The van der Waals surface area contributed by atoms with Crippen molar-refractivity contribution in [3.05, 3.63) is 115 Å². The summed E-state index contributed by atoms with van der Waals surface area (Å²) in [6, 6.07) is 24.3. The number of nitrogens with zero attached hydrogens (tertiary/aromatic N) is 3. The van der Waals surface area contributed by atoms with E-state index in [0.29, 0.717) is 24.5 Å². The van der Waals surface area contributed by atoms with E-state index in [0.717, 1.165) is 16.9 Å². The van der Waals surface area contributed by atoms with E-state index in [-0.39, 0.29) is 6.03 Å². The van der Waals surface area contributed by atoms with Gasteiger partial charge >= 0.3 is 6.03 Å². The predicted octanol–water partition coefficient (Wildman–Crippen LogP) is 5.50. The van der Waals surface area contributed by atoms with Gasteiger partial charge in [-0.15, -0.1) is 0 Å². The molecule has 2 heterocycles. The van der Waals surface area contributed by atoms with E-state index in [2.05, 4.69) is 15.3 Å². The molecule has 1 N–H and O–H groups in total. The molecule has 0 aliphatic heterocycles. The number of nitrogens with one attached hydrogen (secondary N) is 1. The number of pyridine rings is 2. The zero-order chi connectivity index (χ0) is 21.3. The minimum Gasteiger partial charge on any atom is -0.457 e. The van der Waals surface area contributed by atoms with E-state index in [4.69, 9.17) is 4.74 Å². The molecule has 0 radical (unpaired) electrons. The topological polar surface area (TPSA) is 67.3 Å². The number of anilines is 1. The van der Waals surface area contributed by atoms with Crippen LogP contribution in [0, 0.1) is 0 Å². The minimum atomic E-state index is -0.211. The van der Waals surface area contributed by atoms with Crippen LogP contribution in [0.5, 0.6) is 11.5 Å². The molecule has 6 heteroatoms. The zero-order valence-corrected chi connectivity index (χ0v) is 16.9. The lowest BCUT2D eigenvalue weighted by molar-refractivity contribution is 0.206. The number of urea groups is 1. The smallest absolute Gasteiger partial charge is 0.322 e. The van der Waals surface area contributed by atoms with E-state index in [1.165, 1.54) is 0 Å². The van der Waals surface area contributed by atoms with Gasteiger partial charge in [0.15, 0.2) is 0 Å². The van der Waals surface area contributed by atoms with Gasteiger partial charge in [0.25, 0.3) is 0 Å². The number of hydrogen-bond donors (Lipinski definition) is 1. The number of carbonyl (C=O) groups excluding carboxylic acids is 1. The Bertz CT molecular complexity index is 1060. The molecule has 4 rings (SSSR count). The number of hydrogen-bond acceptors (Lipinski definition) is 4. The summed E-state index contributed by atoms with van der Waals surface area (Å²) in [5.41, 5.74) is 2.60. The summed E-state index contributed by atoms with van der Waals surface area (Å²) >= 11 is 0. The number of rotatable bonds is 7. The van der Waals surface area contributed by atoms with Gasteiger partial charge in [-0.25, -0.2) is 4.79 Å². The van der Waals surface area contributed by atoms with Crippen LogP contribution in [0.1, 0.15) is 11.1 Å². The summed E-state index contributed by atoms with van der Waals surface area (Å²) < 4.78 is 5.87. The van der Waals surface area contributed by atoms with Gasteiger partial charge in [-0.1, -0.05) is 30.3 Å². The zero-order valence-electron chi connectivity index (χ0n) is 16.9. The lowest BCUT2D eigenvalue weighted by Gasteiger charge is -2.23. The van der Waals surface area contributed by atoms with Gasteiger partial charge < -0.3 is 15.0 Å². The van der Waals surface area contributed by atoms with Crippen molar-refractivity contribution in [2.24, 2.45) is 0 Å². The molecular formula is C25H22N4O2. The van der Waals surface area contributed by atoms with Crippen LogP contribution in [0.3, 0.4) is 0 Å². The molecule has 0 fully saturated rings. The first-order chi connectivity index (χ1) is 15.3. The van der Waals surface area contributed by atoms with Crippen molar-refractivity contribution < 1.29 is 9.53 Å². The molecule has 0 spiro atoms. The standard InChI is InChI=1S/C25H22N4O2/c30-25(28-22-7-4-10-24(16-22)31-23-8-2-1-3-9-23)29(18-20-11-14-26-15-12-20)19-21-6-5-13-27-17-21/h1-17H,18-19H2,(H,28,30). The number of aromatic nitrogens is 2. The molecule has 0 aliphatic rings. The van der Waals surface area contributed by atoms with Crippen molar-refractivity contribution in [2.45, 2.75) is 13.1 Å². The summed E-state index contributed by atoms with van der Waals surface area (Å²) in [5, 5.41) is 2.98. The van der Waals surface area contributed by atoms with E-state index in [9.17, 15) is 4.79 Å². The van der Waals surface area contributed by atoms with Crippen LogP contribution in [-0.2, 0) is 13.1 Å². The van der Waals surface area contributed by atoms with Crippen molar-refractivity contribution in [3.63, 3.8) is 0 Å². The second-order valence-electron chi connectivity index (χ2n) is 6.95. The summed E-state index contributed by atoms with van der Waals surface area (Å²) in [5.74, 6) is 1.39. The van der Waals surface area contributed by atoms with Crippen LogP contribution in [-0.4, -0.2) is 20.9 Å². The van der Waals surface area contributed by atoms with Crippen molar-refractivity contribution >= 4 is 11.7 Å². The number of carbonyl (C=O) groups is 1. The van der Waals surface area contributed by atoms with Crippen LogP contribution >= 0.6 is 0 Å². The Morgan fingerprint density at radius 2 is 1.55 bits per heavy atom. The number of para-hydroxylation sites is 1. The molecule has 0 saturated heterocycles. The molecule has 4 aromatic rings. The van der Waals surface area contributed by atoms with E-state index in [1.807, 2.05) is 72.8 Å². The van der Waals surface area contributed by atoms with Crippen LogP contribution in [0.15, 0.2) is 104 Å².